The van der Waals surface area contributed by atoms with E-state index in [9.17, 15) is 4.79 Å². The van der Waals surface area contributed by atoms with Crippen LogP contribution in [0.1, 0.15) is 40.1 Å². The number of aryl methyl sites for hydroxylation is 2. The van der Waals surface area contributed by atoms with E-state index in [1.807, 2.05) is 36.6 Å². The fraction of sp³-hybridized carbons (Fsp3) is 0.333. The van der Waals surface area contributed by atoms with Crippen molar-refractivity contribution in [2.24, 2.45) is 5.92 Å². The van der Waals surface area contributed by atoms with Crippen LogP contribution in [0.15, 0.2) is 45.4 Å². The van der Waals surface area contributed by atoms with Crippen molar-refractivity contribution in [2.75, 3.05) is 5.32 Å². The maximum Gasteiger partial charge on any atom is 0.277 e. The third-order valence-corrected chi connectivity index (χ3v) is 8.51. The number of amides is 1. The number of carbonyl (C=O) groups excluding carboxylic acids is 1. The van der Waals surface area contributed by atoms with Gasteiger partial charge < -0.3 is 9.73 Å². The molecule has 1 aromatic carbocycles. The molecule has 1 N–H and O–H groups in total. The summed E-state index contributed by atoms with van der Waals surface area (Å²) in [5.41, 5.74) is 4.30. The molecule has 170 valence electrons. The van der Waals surface area contributed by atoms with Gasteiger partial charge in [-0.1, -0.05) is 36.4 Å². The van der Waals surface area contributed by atoms with Crippen molar-refractivity contribution < 1.29 is 9.21 Å². The smallest absolute Gasteiger partial charge is 0.277 e. The lowest BCUT2D eigenvalue weighted by Gasteiger charge is -2.16. The normalized spacial score (nSPS) is 15.4. The Labute approximate surface area is 204 Å². The Morgan fingerprint density at radius 1 is 1.27 bits per heavy atom. The number of thiophene rings is 1. The molecule has 1 aliphatic rings. The molecule has 0 saturated carbocycles. The summed E-state index contributed by atoms with van der Waals surface area (Å²) in [4.78, 5) is 19.4. The predicted molar refractivity (Wildman–Crippen MR) is 134 cm³/mol. The van der Waals surface area contributed by atoms with Gasteiger partial charge in [0, 0.05) is 21.7 Å². The van der Waals surface area contributed by atoms with Gasteiger partial charge in [-0.05, 0) is 55.9 Å². The molecule has 0 saturated heterocycles. The third kappa shape index (κ3) is 5.54. The van der Waals surface area contributed by atoms with E-state index in [0.717, 1.165) is 45.6 Å². The molecular weight excluding hydrogens is 472 g/mol. The minimum Gasteiger partial charge on any atom is -0.410 e. The summed E-state index contributed by atoms with van der Waals surface area (Å²) in [5, 5.41) is 14.7. The van der Waals surface area contributed by atoms with Gasteiger partial charge in [0.05, 0.1) is 17.0 Å². The van der Waals surface area contributed by atoms with E-state index >= 15 is 0 Å². The summed E-state index contributed by atoms with van der Waals surface area (Å²) in [7, 11) is 0. The van der Waals surface area contributed by atoms with Crippen molar-refractivity contribution in [1.29, 1.82) is 0 Å². The molecular formula is C24H24N4O2S3. The summed E-state index contributed by atoms with van der Waals surface area (Å²) in [6.45, 7) is 4.33. The molecule has 9 heteroatoms. The molecule has 0 bridgehead atoms. The van der Waals surface area contributed by atoms with Crippen LogP contribution in [0.2, 0.25) is 0 Å². The maximum atomic E-state index is 12.3. The highest BCUT2D eigenvalue weighted by Crippen LogP contribution is 2.37. The molecule has 1 amide bonds. The molecule has 6 nitrogen and oxygen atoms in total. The highest BCUT2D eigenvalue weighted by Gasteiger charge is 2.21. The minimum atomic E-state index is -0.0676. The summed E-state index contributed by atoms with van der Waals surface area (Å²) in [5.74, 6) is 1.89. The number of rotatable bonds is 7. The number of nitrogens with zero attached hydrogens (tertiary/aromatic N) is 3. The van der Waals surface area contributed by atoms with Crippen molar-refractivity contribution in [3.05, 3.63) is 62.4 Å². The SMILES string of the molecule is Cc1ccc(NC(=O)Cc2nc(CSc3nnc(-c4cc5c(s4)CC[C@@H](C)C5)o3)cs2)cc1. The van der Waals surface area contributed by atoms with E-state index in [1.54, 1.807) is 11.3 Å². The van der Waals surface area contributed by atoms with E-state index < -0.39 is 0 Å². The average molecular weight is 497 g/mol. The number of carbonyl (C=O) groups is 1. The van der Waals surface area contributed by atoms with Crippen LogP contribution in [0.25, 0.3) is 10.8 Å². The zero-order chi connectivity index (χ0) is 22.8. The van der Waals surface area contributed by atoms with Crippen LogP contribution in [-0.2, 0) is 29.8 Å². The van der Waals surface area contributed by atoms with Gasteiger partial charge in [0.1, 0.15) is 5.01 Å². The van der Waals surface area contributed by atoms with E-state index in [-0.39, 0.29) is 12.3 Å². The highest BCUT2D eigenvalue weighted by atomic mass is 32.2. The first-order valence-corrected chi connectivity index (χ1v) is 13.6. The lowest BCUT2D eigenvalue weighted by Crippen LogP contribution is -2.14. The molecule has 5 rings (SSSR count). The van der Waals surface area contributed by atoms with E-state index in [2.05, 4.69) is 33.5 Å². The number of anilines is 1. The predicted octanol–water partition coefficient (Wildman–Crippen LogP) is 6.16. The van der Waals surface area contributed by atoms with E-state index in [4.69, 9.17) is 4.42 Å². The second kappa shape index (κ2) is 9.79. The molecule has 33 heavy (non-hydrogen) atoms. The maximum absolute atomic E-state index is 12.3. The van der Waals surface area contributed by atoms with Gasteiger partial charge in [-0.25, -0.2) is 4.98 Å². The minimum absolute atomic E-state index is 0.0676. The Morgan fingerprint density at radius 3 is 2.97 bits per heavy atom. The lowest BCUT2D eigenvalue weighted by atomic mass is 9.90. The number of fused-ring (bicyclic) bond motifs is 1. The molecule has 3 heterocycles. The van der Waals surface area contributed by atoms with Gasteiger partial charge in [0.25, 0.3) is 11.1 Å². The Kier molecular flexibility index (Phi) is 6.62. The van der Waals surface area contributed by atoms with Crippen molar-refractivity contribution in [3.8, 4) is 10.8 Å². The number of hydrogen-bond donors (Lipinski definition) is 1. The van der Waals surface area contributed by atoms with Crippen LogP contribution in [-0.4, -0.2) is 21.1 Å². The van der Waals surface area contributed by atoms with Crippen molar-refractivity contribution in [2.45, 2.75) is 50.5 Å². The number of benzene rings is 1. The molecule has 0 spiro atoms. The van der Waals surface area contributed by atoms with Gasteiger partial charge in [-0.2, -0.15) is 0 Å². The van der Waals surface area contributed by atoms with Gasteiger partial charge in [-0.3, -0.25) is 4.79 Å². The van der Waals surface area contributed by atoms with Crippen LogP contribution in [0.5, 0.6) is 0 Å². The molecule has 4 aromatic rings. The first-order valence-electron chi connectivity index (χ1n) is 10.9. The number of thiazole rings is 1. The summed E-state index contributed by atoms with van der Waals surface area (Å²) in [6.07, 6.45) is 3.79. The largest absolute Gasteiger partial charge is 0.410 e. The molecule has 0 radical (unpaired) electrons. The Morgan fingerprint density at radius 2 is 2.12 bits per heavy atom. The fourth-order valence-electron chi connectivity index (χ4n) is 3.79. The van der Waals surface area contributed by atoms with Gasteiger partial charge in [-0.15, -0.1) is 32.9 Å². The first-order chi connectivity index (χ1) is 16.0. The van der Waals surface area contributed by atoms with E-state index in [0.29, 0.717) is 16.9 Å². The van der Waals surface area contributed by atoms with Gasteiger partial charge >= 0.3 is 0 Å². The van der Waals surface area contributed by atoms with Crippen LogP contribution in [0.3, 0.4) is 0 Å². The zero-order valence-electron chi connectivity index (χ0n) is 18.5. The van der Waals surface area contributed by atoms with E-state index in [1.165, 1.54) is 40.0 Å². The van der Waals surface area contributed by atoms with Crippen molar-refractivity contribution in [3.63, 3.8) is 0 Å². The zero-order valence-corrected chi connectivity index (χ0v) is 20.9. The van der Waals surface area contributed by atoms with Gasteiger partial charge in [0.15, 0.2) is 0 Å². The Bertz CT molecular complexity index is 1260. The molecule has 1 atom stereocenters. The Hall–Kier alpha value is -2.49. The summed E-state index contributed by atoms with van der Waals surface area (Å²) in [6, 6.07) is 9.98. The lowest BCUT2D eigenvalue weighted by molar-refractivity contribution is -0.115. The average Bonchev–Trinajstić information content (AvgIpc) is 3.53. The van der Waals surface area contributed by atoms with Crippen molar-refractivity contribution >= 4 is 46.0 Å². The first kappa shape index (κ1) is 22.3. The third-order valence-electron chi connectivity index (χ3n) is 5.54. The standard InChI is InChI=1S/C24H24N4O2S3/c1-14-3-6-17(7-4-14)25-21(29)11-22-26-18(12-31-22)13-32-24-28-27-23(30-24)20-10-16-9-15(2)5-8-19(16)33-20/h3-4,6-7,10,12,15H,5,8-9,11,13H2,1-2H3,(H,25,29)/t15-/m1/s1. The second-order valence-electron chi connectivity index (χ2n) is 8.39. The molecule has 0 unspecified atom stereocenters. The Balaban J connectivity index is 1.15. The second-order valence-corrected chi connectivity index (χ2v) is 11.4. The topological polar surface area (TPSA) is 80.9 Å². The summed E-state index contributed by atoms with van der Waals surface area (Å²) >= 11 is 4.74. The highest BCUT2D eigenvalue weighted by molar-refractivity contribution is 7.98. The number of nitrogens with one attached hydrogen (secondary N) is 1. The van der Waals surface area contributed by atoms with Crippen LogP contribution in [0.4, 0.5) is 5.69 Å². The van der Waals surface area contributed by atoms with Crippen LogP contribution < -0.4 is 5.32 Å². The summed E-state index contributed by atoms with van der Waals surface area (Å²) < 4.78 is 5.90. The van der Waals surface area contributed by atoms with Gasteiger partial charge in [0.2, 0.25) is 5.91 Å². The number of aromatic nitrogens is 3. The molecule has 3 aromatic heterocycles. The molecule has 0 aliphatic heterocycles. The van der Waals surface area contributed by atoms with Crippen LogP contribution >= 0.6 is 34.4 Å². The number of thioether (sulfide) groups is 1. The van der Waals surface area contributed by atoms with Crippen LogP contribution in [0, 0.1) is 12.8 Å². The van der Waals surface area contributed by atoms with Crippen molar-refractivity contribution in [1.82, 2.24) is 15.2 Å². The monoisotopic (exact) mass is 496 g/mol. The fourth-order valence-corrected chi connectivity index (χ4v) is 6.47. The molecule has 0 fully saturated rings. The number of hydrogen-bond acceptors (Lipinski definition) is 8. The quantitative estimate of drug-likeness (QED) is 0.309. The molecule has 1 aliphatic carbocycles.